The van der Waals surface area contributed by atoms with E-state index in [1.54, 1.807) is 32.4 Å². The minimum absolute atomic E-state index is 0.0252. The van der Waals surface area contributed by atoms with Crippen molar-refractivity contribution in [3.8, 4) is 23.0 Å². The molecule has 0 aliphatic carbocycles. The minimum Gasteiger partial charge on any atom is -0.493 e. The predicted octanol–water partition coefficient (Wildman–Crippen LogP) is 4.72. The van der Waals surface area contributed by atoms with E-state index in [2.05, 4.69) is 4.90 Å². The Morgan fingerprint density at radius 3 is 2.11 bits per heavy atom. The molecule has 1 saturated heterocycles. The lowest BCUT2D eigenvalue weighted by Gasteiger charge is -2.39. The van der Waals surface area contributed by atoms with Crippen molar-refractivity contribution in [1.29, 1.82) is 0 Å². The zero-order valence-corrected chi connectivity index (χ0v) is 22.8. The zero-order valence-electron chi connectivity index (χ0n) is 22.0. The van der Waals surface area contributed by atoms with Gasteiger partial charge in [-0.3, -0.25) is 9.21 Å². The number of nitrogens with zero attached hydrogens (tertiary/aromatic N) is 2. The highest BCUT2D eigenvalue weighted by Crippen LogP contribution is 2.37. The summed E-state index contributed by atoms with van der Waals surface area (Å²) in [5.74, 6) is 1.79. The first-order valence-electron chi connectivity index (χ1n) is 12.3. The van der Waals surface area contributed by atoms with E-state index in [1.807, 2.05) is 18.2 Å². The molecule has 1 heterocycles. The van der Waals surface area contributed by atoms with Gasteiger partial charge in [0.05, 0.1) is 39.0 Å². The molecule has 0 amide bonds. The molecule has 204 valence electrons. The van der Waals surface area contributed by atoms with Gasteiger partial charge in [-0.2, -0.15) is 0 Å². The summed E-state index contributed by atoms with van der Waals surface area (Å²) in [5.41, 5.74) is 1.46. The van der Waals surface area contributed by atoms with Gasteiger partial charge in [-0.1, -0.05) is 12.1 Å². The molecular formula is C28H33FN2O6S. The molecule has 1 aliphatic heterocycles. The van der Waals surface area contributed by atoms with Crippen LogP contribution in [0.4, 0.5) is 10.1 Å². The fourth-order valence-corrected chi connectivity index (χ4v) is 6.56. The van der Waals surface area contributed by atoms with Crippen molar-refractivity contribution in [1.82, 2.24) is 4.90 Å². The lowest BCUT2D eigenvalue weighted by molar-refractivity contribution is 0.203. The van der Waals surface area contributed by atoms with Crippen molar-refractivity contribution < 1.29 is 31.8 Å². The fraction of sp³-hybridized carbons (Fsp3) is 0.357. The number of anilines is 1. The average Bonchev–Trinajstić information content (AvgIpc) is 2.94. The summed E-state index contributed by atoms with van der Waals surface area (Å²) in [4.78, 5) is 2.29. The van der Waals surface area contributed by atoms with Crippen LogP contribution in [0, 0.1) is 5.82 Å². The molecule has 0 aromatic heterocycles. The normalized spacial score (nSPS) is 14.7. The molecular weight excluding hydrogens is 511 g/mol. The van der Waals surface area contributed by atoms with Crippen LogP contribution in [-0.4, -0.2) is 60.9 Å². The summed E-state index contributed by atoms with van der Waals surface area (Å²) < 4.78 is 64.7. The average molecular weight is 545 g/mol. The van der Waals surface area contributed by atoms with Crippen LogP contribution in [0.1, 0.15) is 18.4 Å². The number of methoxy groups -OCH3 is 4. The topological polar surface area (TPSA) is 77.5 Å². The van der Waals surface area contributed by atoms with E-state index in [0.29, 0.717) is 61.2 Å². The molecule has 4 rings (SSSR count). The van der Waals surface area contributed by atoms with Crippen LogP contribution >= 0.6 is 0 Å². The number of halogens is 1. The highest BCUT2D eigenvalue weighted by molar-refractivity contribution is 7.92. The summed E-state index contributed by atoms with van der Waals surface area (Å²) >= 11 is 0. The van der Waals surface area contributed by atoms with Crippen molar-refractivity contribution in [2.45, 2.75) is 30.3 Å². The van der Waals surface area contributed by atoms with Crippen molar-refractivity contribution in [3.05, 3.63) is 72.0 Å². The lowest BCUT2D eigenvalue weighted by atomic mass is 10.0. The summed E-state index contributed by atoms with van der Waals surface area (Å²) in [7, 11) is 2.26. The van der Waals surface area contributed by atoms with Gasteiger partial charge in [0.1, 0.15) is 5.82 Å². The molecule has 38 heavy (non-hydrogen) atoms. The zero-order chi connectivity index (χ0) is 27.3. The van der Waals surface area contributed by atoms with Crippen LogP contribution < -0.4 is 23.3 Å². The molecule has 1 aliphatic rings. The van der Waals surface area contributed by atoms with Crippen molar-refractivity contribution >= 4 is 15.7 Å². The SMILES string of the molecule is COc1ccc(N(C2CCN(Cc3cccc(OC)c3OC)CC2)S(=O)(=O)c2ccc(F)cc2)cc1OC. The third-order valence-electron chi connectivity index (χ3n) is 6.76. The van der Waals surface area contributed by atoms with Crippen molar-refractivity contribution in [2.24, 2.45) is 0 Å². The van der Waals surface area contributed by atoms with E-state index in [-0.39, 0.29) is 10.9 Å². The van der Waals surface area contributed by atoms with Gasteiger partial charge in [-0.05, 0) is 55.3 Å². The summed E-state index contributed by atoms with van der Waals surface area (Å²) in [5, 5.41) is 0. The largest absolute Gasteiger partial charge is 0.493 e. The van der Waals surface area contributed by atoms with Crippen LogP contribution in [0.5, 0.6) is 23.0 Å². The Morgan fingerprint density at radius 2 is 1.50 bits per heavy atom. The molecule has 3 aromatic rings. The van der Waals surface area contributed by atoms with Gasteiger partial charge >= 0.3 is 0 Å². The summed E-state index contributed by atoms with van der Waals surface area (Å²) in [6.45, 7) is 2.00. The number of sulfonamides is 1. The molecule has 0 atom stereocenters. The van der Waals surface area contributed by atoms with Crippen LogP contribution in [0.3, 0.4) is 0 Å². The summed E-state index contributed by atoms with van der Waals surface area (Å²) in [6.07, 6.45) is 1.20. The lowest BCUT2D eigenvalue weighted by Crippen LogP contribution is -2.47. The maximum absolute atomic E-state index is 13.9. The number of rotatable bonds is 10. The first-order valence-corrected chi connectivity index (χ1v) is 13.7. The Bertz CT molecular complexity index is 1340. The molecule has 0 bridgehead atoms. The number of likely N-dealkylation sites (tertiary alicyclic amines) is 1. The third kappa shape index (κ3) is 5.66. The monoisotopic (exact) mass is 544 g/mol. The third-order valence-corrected chi connectivity index (χ3v) is 8.65. The Kier molecular flexibility index (Phi) is 8.63. The van der Waals surface area contributed by atoms with Gasteiger partial charge in [0, 0.05) is 37.3 Å². The van der Waals surface area contributed by atoms with E-state index >= 15 is 0 Å². The molecule has 0 spiro atoms. The smallest absolute Gasteiger partial charge is 0.264 e. The van der Waals surface area contributed by atoms with Crippen LogP contribution in [0.2, 0.25) is 0 Å². The highest BCUT2D eigenvalue weighted by Gasteiger charge is 2.35. The van der Waals surface area contributed by atoms with Crippen molar-refractivity contribution in [3.63, 3.8) is 0 Å². The molecule has 0 N–H and O–H groups in total. The molecule has 10 heteroatoms. The van der Waals surface area contributed by atoms with E-state index in [1.165, 1.54) is 30.7 Å². The maximum atomic E-state index is 13.9. The number of para-hydroxylation sites is 1. The Morgan fingerprint density at radius 1 is 0.842 bits per heavy atom. The first-order chi connectivity index (χ1) is 18.3. The first kappa shape index (κ1) is 27.5. The summed E-state index contributed by atoms with van der Waals surface area (Å²) in [6, 6.07) is 15.4. The van der Waals surface area contributed by atoms with Gasteiger partial charge in [0.15, 0.2) is 23.0 Å². The van der Waals surface area contributed by atoms with Crippen molar-refractivity contribution in [2.75, 3.05) is 45.8 Å². The standard InChI is InChI=1S/C28H33FN2O6S/c1-34-25-13-10-23(18-27(25)36-3)31(38(32,33)24-11-8-21(29)9-12-24)22-14-16-30(17-15-22)19-20-6-5-7-26(35-2)28(20)37-4/h5-13,18,22H,14-17,19H2,1-4H3. The second-order valence-corrected chi connectivity index (χ2v) is 10.8. The Balaban J connectivity index is 1.62. The molecule has 0 unspecified atom stereocenters. The van der Waals surface area contributed by atoms with Crippen LogP contribution in [-0.2, 0) is 16.6 Å². The van der Waals surface area contributed by atoms with Crippen LogP contribution in [0.15, 0.2) is 65.6 Å². The maximum Gasteiger partial charge on any atom is 0.264 e. The Hall–Kier alpha value is -3.50. The minimum atomic E-state index is -4.00. The molecule has 3 aromatic carbocycles. The number of benzene rings is 3. The Labute approximate surface area is 223 Å². The van der Waals surface area contributed by atoms with E-state index < -0.39 is 15.8 Å². The number of hydrogen-bond acceptors (Lipinski definition) is 7. The molecule has 0 radical (unpaired) electrons. The number of hydrogen-bond donors (Lipinski definition) is 0. The van der Waals surface area contributed by atoms with E-state index in [9.17, 15) is 12.8 Å². The predicted molar refractivity (Wildman–Crippen MR) is 143 cm³/mol. The van der Waals surface area contributed by atoms with Gasteiger partial charge < -0.3 is 18.9 Å². The van der Waals surface area contributed by atoms with Gasteiger partial charge in [0.25, 0.3) is 10.0 Å². The van der Waals surface area contributed by atoms with Gasteiger partial charge in [-0.15, -0.1) is 0 Å². The van der Waals surface area contributed by atoms with E-state index in [4.69, 9.17) is 18.9 Å². The van der Waals surface area contributed by atoms with Gasteiger partial charge in [-0.25, -0.2) is 12.8 Å². The second-order valence-electron chi connectivity index (χ2n) is 8.95. The fourth-order valence-electron chi connectivity index (χ4n) is 4.86. The van der Waals surface area contributed by atoms with Gasteiger partial charge in [0.2, 0.25) is 0 Å². The number of ether oxygens (including phenoxy) is 4. The molecule has 0 saturated carbocycles. The quantitative estimate of drug-likeness (QED) is 0.366. The highest BCUT2D eigenvalue weighted by atomic mass is 32.2. The second kappa shape index (κ2) is 11.9. The molecule has 8 nitrogen and oxygen atoms in total. The number of piperidine rings is 1. The van der Waals surface area contributed by atoms with Crippen LogP contribution in [0.25, 0.3) is 0 Å². The van der Waals surface area contributed by atoms with E-state index in [0.717, 1.165) is 17.7 Å². The molecule has 1 fully saturated rings.